The molecule has 0 spiro atoms. The molecule has 9 nitrogen and oxygen atoms in total. The highest BCUT2D eigenvalue weighted by Gasteiger charge is 2.24. The minimum atomic E-state index is -0.514. The van der Waals surface area contributed by atoms with Crippen molar-refractivity contribution in [2.45, 2.75) is 32.7 Å². The highest BCUT2D eigenvalue weighted by atomic mass is 16.2. The van der Waals surface area contributed by atoms with Gasteiger partial charge in [0.2, 0.25) is 0 Å². The van der Waals surface area contributed by atoms with Crippen LogP contribution in [-0.2, 0) is 13.0 Å². The van der Waals surface area contributed by atoms with Gasteiger partial charge in [0.1, 0.15) is 12.0 Å². The molecule has 0 fully saturated rings. The molecule has 0 saturated carbocycles. The van der Waals surface area contributed by atoms with E-state index in [0.29, 0.717) is 24.0 Å². The van der Waals surface area contributed by atoms with Crippen LogP contribution >= 0.6 is 0 Å². The summed E-state index contributed by atoms with van der Waals surface area (Å²) >= 11 is 0. The highest BCUT2D eigenvalue weighted by Crippen LogP contribution is 2.26. The van der Waals surface area contributed by atoms with Gasteiger partial charge in [-0.3, -0.25) is 14.2 Å². The number of benzene rings is 3. The van der Waals surface area contributed by atoms with Crippen LogP contribution < -0.4 is 5.69 Å². The van der Waals surface area contributed by atoms with Gasteiger partial charge in [-0.1, -0.05) is 74.0 Å². The van der Waals surface area contributed by atoms with E-state index < -0.39 is 11.6 Å². The number of hydrogen-bond acceptors (Lipinski definition) is 6. The first-order valence-electron chi connectivity index (χ1n) is 12.4. The minimum absolute atomic E-state index is 0.115. The fourth-order valence-corrected chi connectivity index (χ4v) is 4.57. The second-order valence-corrected chi connectivity index (χ2v) is 8.90. The molecule has 9 heteroatoms. The molecule has 5 aromatic rings. The lowest BCUT2D eigenvalue weighted by Crippen LogP contribution is -2.31. The fourth-order valence-electron chi connectivity index (χ4n) is 4.57. The van der Waals surface area contributed by atoms with Crippen LogP contribution in [0.25, 0.3) is 16.8 Å². The first-order valence-corrected chi connectivity index (χ1v) is 12.4. The average molecular weight is 507 g/mol. The molecular formula is C29H26N6O3. The van der Waals surface area contributed by atoms with Crippen molar-refractivity contribution in [3.63, 3.8) is 0 Å². The summed E-state index contributed by atoms with van der Waals surface area (Å²) in [6, 6.07) is 24.2. The van der Waals surface area contributed by atoms with Crippen molar-refractivity contribution in [2.75, 3.05) is 0 Å². The third kappa shape index (κ3) is 4.73. The van der Waals surface area contributed by atoms with Gasteiger partial charge < -0.3 is 0 Å². The zero-order valence-corrected chi connectivity index (χ0v) is 20.9. The number of aromatic nitrogens is 6. The van der Waals surface area contributed by atoms with Crippen molar-refractivity contribution in [1.29, 1.82) is 0 Å². The monoisotopic (exact) mass is 506 g/mol. The number of para-hydroxylation sites is 1. The van der Waals surface area contributed by atoms with Gasteiger partial charge in [-0.05, 0) is 52.6 Å². The van der Waals surface area contributed by atoms with E-state index >= 15 is 0 Å². The molecule has 2 heterocycles. The van der Waals surface area contributed by atoms with Crippen LogP contribution in [0.2, 0.25) is 0 Å². The summed E-state index contributed by atoms with van der Waals surface area (Å²) in [5.41, 5.74) is 4.15. The van der Waals surface area contributed by atoms with Gasteiger partial charge in [-0.2, -0.15) is 4.68 Å². The molecule has 0 saturated heterocycles. The first-order chi connectivity index (χ1) is 18.6. The normalized spacial score (nSPS) is 11.0. The molecule has 3 aromatic carbocycles. The summed E-state index contributed by atoms with van der Waals surface area (Å²) in [7, 11) is 0. The highest BCUT2D eigenvalue weighted by molar-refractivity contribution is 5.99. The lowest BCUT2D eigenvalue weighted by atomic mass is 10.0. The standard InChI is InChI=1S/C29H26N6O3/c1-2-3-12-26-27(19-36)35(28(37)23-9-5-4-6-10-23)29(38)33(26)18-21-14-16-22(17-15-21)24-11-7-8-13-25(24)34-20-30-31-32-34/h4-11,13-17,19-20H,2-3,12,18H2,1H3. The van der Waals surface area contributed by atoms with E-state index in [1.54, 1.807) is 45.9 Å². The summed E-state index contributed by atoms with van der Waals surface area (Å²) < 4.78 is 4.16. The van der Waals surface area contributed by atoms with Crippen LogP contribution in [-0.4, -0.2) is 41.5 Å². The zero-order chi connectivity index (χ0) is 26.5. The van der Waals surface area contributed by atoms with E-state index in [4.69, 9.17) is 0 Å². The Bertz CT molecular complexity index is 1620. The van der Waals surface area contributed by atoms with Crippen molar-refractivity contribution < 1.29 is 9.59 Å². The van der Waals surface area contributed by atoms with Crippen LogP contribution in [0.4, 0.5) is 0 Å². The smallest absolute Gasteiger partial charge is 0.296 e. The van der Waals surface area contributed by atoms with E-state index in [2.05, 4.69) is 15.5 Å². The number of rotatable bonds is 9. The van der Waals surface area contributed by atoms with E-state index in [9.17, 15) is 14.4 Å². The second kappa shape index (κ2) is 11.0. The Labute approximate surface area is 219 Å². The van der Waals surface area contributed by atoms with Gasteiger partial charge in [0, 0.05) is 11.1 Å². The predicted molar refractivity (Wildman–Crippen MR) is 143 cm³/mol. The molecule has 0 atom stereocenters. The molecular weight excluding hydrogens is 480 g/mol. The number of carbonyl (C=O) groups is 2. The van der Waals surface area contributed by atoms with Gasteiger partial charge in [0.15, 0.2) is 6.29 Å². The average Bonchev–Trinajstić information content (AvgIpc) is 3.59. The van der Waals surface area contributed by atoms with Gasteiger partial charge >= 0.3 is 5.69 Å². The number of unbranched alkanes of at least 4 members (excludes halogenated alkanes) is 1. The van der Waals surface area contributed by atoms with Crippen molar-refractivity contribution in [2.24, 2.45) is 0 Å². The molecule has 190 valence electrons. The van der Waals surface area contributed by atoms with Crippen LogP contribution in [0.1, 0.15) is 51.9 Å². The minimum Gasteiger partial charge on any atom is -0.296 e. The fraction of sp³-hybridized carbons (Fsp3) is 0.172. The van der Waals surface area contributed by atoms with E-state index in [0.717, 1.165) is 39.8 Å². The summed E-state index contributed by atoms with van der Waals surface area (Å²) in [4.78, 5) is 38.9. The van der Waals surface area contributed by atoms with Crippen molar-refractivity contribution >= 4 is 12.2 Å². The molecule has 2 aromatic heterocycles. The third-order valence-electron chi connectivity index (χ3n) is 6.49. The number of carbonyl (C=O) groups excluding carboxylic acids is 2. The molecule has 0 aliphatic heterocycles. The van der Waals surface area contributed by atoms with Crippen molar-refractivity contribution in [3.8, 4) is 16.8 Å². The third-order valence-corrected chi connectivity index (χ3v) is 6.49. The number of imidazole rings is 1. The number of aldehydes is 1. The van der Waals surface area contributed by atoms with Gasteiger partial charge in [0.25, 0.3) is 5.91 Å². The maximum Gasteiger partial charge on any atom is 0.336 e. The quantitative estimate of drug-likeness (QED) is 0.278. The Morgan fingerprint density at radius 2 is 1.68 bits per heavy atom. The summed E-state index contributed by atoms with van der Waals surface area (Å²) in [5.74, 6) is -0.510. The topological polar surface area (TPSA) is 105 Å². The molecule has 0 unspecified atom stereocenters. The SMILES string of the molecule is CCCCc1c(C=O)n(C(=O)c2ccccc2)c(=O)n1Cc1ccc(-c2ccccc2-n2cnnn2)cc1. The van der Waals surface area contributed by atoms with Gasteiger partial charge in [-0.25, -0.2) is 9.36 Å². The lowest BCUT2D eigenvalue weighted by molar-refractivity contribution is 0.0942. The summed E-state index contributed by atoms with van der Waals surface area (Å²) in [5, 5.41) is 11.5. The Hall–Kier alpha value is -4.92. The van der Waals surface area contributed by atoms with Gasteiger partial charge in [0.05, 0.1) is 17.9 Å². The molecule has 0 N–H and O–H groups in total. The van der Waals surface area contributed by atoms with Crippen LogP contribution in [0.5, 0.6) is 0 Å². The van der Waals surface area contributed by atoms with Crippen LogP contribution in [0.15, 0.2) is 90.0 Å². The molecule has 38 heavy (non-hydrogen) atoms. The van der Waals surface area contributed by atoms with Crippen LogP contribution in [0, 0.1) is 0 Å². The first kappa shape index (κ1) is 24.8. The van der Waals surface area contributed by atoms with Crippen LogP contribution in [0.3, 0.4) is 0 Å². The number of tetrazole rings is 1. The molecule has 0 amide bonds. The molecule has 0 aliphatic carbocycles. The largest absolute Gasteiger partial charge is 0.336 e. The predicted octanol–water partition coefficient (Wildman–Crippen LogP) is 4.18. The molecule has 0 radical (unpaired) electrons. The lowest BCUT2D eigenvalue weighted by Gasteiger charge is -2.11. The Morgan fingerprint density at radius 3 is 2.37 bits per heavy atom. The molecule has 0 bridgehead atoms. The number of hydrogen-bond donors (Lipinski definition) is 0. The maximum absolute atomic E-state index is 13.5. The van der Waals surface area contributed by atoms with E-state index in [1.165, 1.54) is 0 Å². The Kier molecular flexibility index (Phi) is 7.17. The molecule has 0 aliphatic rings. The van der Waals surface area contributed by atoms with E-state index in [-0.39, 0.29) is 12.2 Å². The van der Waals surface area contributed by atoms with Crippen molar-refractivity contribution in [1.82, 2.24) is 29.3 Å². The van der Waals surface area contributed by atoms with Crippen molar-refractivity contribution in [3.05, 3.63) is 118 Å². The summed E-state index contributed by atoms with van der Waals surface area (Å²) in [6.45, 7) is 2.28. The Balaban J connectivity index is 1.52. The summed E-state index contributed by atoms with van der Waals surface area (Å²) in [6.07, 6.45) is 4.36. The zero-order valence-electron chi connectivity index (χ0n) is 20.9. The van der Waals surface area contributed by atoms with E-state index in [1.807, 2.05) is 55.5 Å². The van der Waals surface area contributed by atoms with Gasteiger partial charge in [-0.15, -0.1) is 5.10 Å². The number of nitrogens with zero attached hydrogens (tertiary/aromatic N) is 6. The maximum atomic E-state index is 13.5. The molecule has 5 rings (SSSR count). The second-order valence-electron chi connectivity index (χ2n) is 8.90. The Morgan fingerprint density at radius 1 is 0.947 bits per heavy atom.